The zero-order valence-corrected chi connectivity index (χ0v) is 9.66. The van der Waals surface area contributed by atoms with Crippen LogP contribution in [0.1, 0.15) is 5.56 Å². The molecule has 0 unspecified atom stereocenters. The van der Waals surface area contributed by atoms with Crippen LogP contribution < -0.4 is 0 Å². The van der Waals surface area contributed by atoms with E-state index in [1.165, 1.54) is 16.9 Å². The molecule has 1 aromatic heterocycles. The van der Waals surface area contributed by atoms with Crippen molar-refractivity contribution in [3.63, 3.8) is 0 Å². The number of nitrogens with zero attached hydrogens (tertiary/aromatic N) is 2. The molecule has 72 valence electrons. The number of thioether (sulfide) groups is 1. The first kappa shape index (κ1) is 9.89. The van der Waals surface area contributed by atoms with E-state index >= 15 is 0 Å². The molecule has 2 rings (SSSR count). The van der Waals surface area contributed by atoms with E-state index in [4.69, 9.17) is 12.6 Å². The van der Waals surface area contributed by atoms with Gasteiger partial charge in [-0.25, -0.2) is 0 Å². The summed E-state index contributed by atoms with van der Waals surface area (Å²) in [5.41, 5.74) is 1.29. The quantitative estimate of drug-likeness (QED) is 0.607. The van der Waals surface area contributed by atoms with Crippen molar-refractivity contribution in [1.29, 1.82) is 0 Å². The van der Waals surface area contributed by atoms with Crippen LogP contribution in [0.25, 0.3) is 0 Å². The molecule has 0 aliphatic rings. The second-order valence-corrected chi connectivity index (χ2v) is 5.45. The average Bonchev–Trinajstić information content (AvgIpc) is 2.63. The van der Waals surface area contributed by atoms with Gasteiger partial charge in [0.05, 0.1) is 4.34 Å². The SMILES string of the molecule is [S-]c1nnc(SCc2ccccc2)s1. The fourth-order valence-electron chi connectivity index (χ4n) is 0.975. The lowest BCUT2D eigenvalue weighted by molar-refractivity contribution is 0.956. The lowest BCUT2D eigenvalue weighted by Crippen LogP contribution is -1.78. The Morgan fingerprint density at radius 3 is 2.64 bits per heavy atom. The van der Waals surface area contributed by atoms with Gasteiger partial charge in [-0.2, -0.15) is 10.2 Å². The molecule has 0 saturated heterocycles. The highest BCUT2D eigenvalue weighted by Crippen LogP contribution is 2.25. The van der Waals surface area contributed by atoms with Crippen LogP contribution in [0.15, 0.2) is 39.0 Å². The highest BCUT2D eigenvalue weighted by atomic mass is 32.2. The lowest BCUT2D eigenvalue weighted by Gasteiger charge is -1.99. The van der Waals surface area contributed by atoms with Crippen molar-refractivity contribution in [2.45, 2.75) is 14.4 Å². The second kappa shape index (κ2) is 4.72. The zero-order valence-electron chi connectivity index (χ0n) is 7.21. The van der Waals surface area contributed by atoms with Crippen molar-refractivity contribution in [2.75, 3.05) is 0 Å². The second-order valence-electron chi connectivity index (χ2n) is 2.61. The van der Waals surface area contributed by atoms with Crippen molar-refractivity contribution in [3.8, 4) is 0 Å². The molecule has 0 amide bonds. The molecule has 14 heavy (non-hydrogen) atoms. The first-order valence-corrected chi connectivity index (χ1v) is 6.23. The maximum atomic E-state index is 4.90. The largest absolute Gasteiger partial charge is 0.406 e. The summed E-state index contributed by atoms with van der Waals surface area (Å²) in [7, 11) is 0. The van der Waals surface area contributed by atoms with Gasteiger partial charge in [-0.15, -0.1) is 11.8 Å². The Labute approximate surface area is 96.2 Å². The van der Waals surface area contributed by atoms with Crippen LogP contribution in [0.3, 0.4) is 0 Å². The predicted octanol–water partition coefficient (Wildman–Crippen LogP) is 2.74. The van der Waals surface area contributed by atoms with E-state index in [0.29, 0.717) is 4.34 Å². The molecule has 0 bridgehead atoms. The predicted molar refractivity (Wildman–Crippen MR) is 61.5 cm³/mol. The van der Waals surface area contributed by atoms with Crippen LogP contribution in [-0.4, -0.2) is 10.2 Å². The Kier molecular flexibility index (Phi) is 3.34. The van der Waals surface area contributed by atoms with Gasteiger partial charge >= 0.3 is 0 Å². The van der Waals surface area contributed by atoms with E-state index in [1.807, 2.05) is 18.2 Å². The van der Waals surface area contributed by atoms with Gasteiger partial charge in [0, 0.05) is 5.75 Å². The Morgan fingerprint density at radius 2 is 2.00 bits per heavy atom. The number of hydrogen-bond acceptors (Lipinski definition) is 5. The van der Waals surface area contributed by atoms with Gasteiger partial charge in [0.25, 0.3) is 0 Å². The van der Waals surface area contributed by atoms with Gasteiger partial charge < -0.3 is 24.0 Å². The molecule has 0 saturated carbocycles. The standard InChI is InChI=1S/C9H8N2S3/c12-8-10-11-9(14-8)13-6-7-4-2-1-3-5-7/h1-5H,6H2,(H,10,12)/p-1. The summed E-state index contributed by atoms with van der Waals surface area (Å²) >= 11 is 8.03. The molecule has 1 aromatic carbocycles. The van der Waals surface area contributed by atoms with Crippen LogP contribution in [0, 0.1) is 0 Å². The maximum Gasteiger partial charge on any atom is 0.0808 e. The molecule has 1 heterocycles. The summed E-state index contributed by atoms with van der Waals surface area (Å²) in [6.07, 6.45) is 0. The third kappa shape index (κ3) is 2.67. The van der Waals surface area contributed by atoms with Gasteiger partial charge in [0.15, 0.2) is 0 Å². The summed E-state index contributed by atoms with van der Waals surface area (Å²) < 4.78 is 1.56. The number of benzene rings is 1. The minimum Gasteiger partial charge on any atom is -0.406 e. The van der Waals surface area contributed by atoms with Gasteiger partial charge in [-0.1, -0.05) is 30.3 Å². The number of aromatic nitrogens is 2. The minimum atomic E-state index is 0.612. The Bertz CT molecular complexity index is 399. The molecule has 2 nitrogen and oxygen atoms in total. The first-order chi connectivity index (χ1) is 6.84. The van der Waals surface area contributed by atoms with Crippen LogP contribution >= 0.6 is 23.1 Å². The van der Waals surface area contributed by atoms with Gasteiger partial charge in [-0.05, 0) is 9.90 Å². The van der Waals surface area contributed by atoms with Crippen LogP contribution in [0.5, 0.6) is 0 Å². The van der Waals surface area contributed by atoms with Gasteiger partial charge in [-0.3, -0.25) is 0 Å². The highest BCUT2D eigenvalue weighted by molar-refractivity contribution is 8.00. The van der Waals surface area contributed by atoms with Crippen molar-refractivity contribution in [3.05, 3.63) is 35.9 Å². The molecule has 5 heteroatoms. The summed E-state index contributed by atoms with van der Waals surface area (Å²) in [5, 5.41) is 7.75. The van der Waals surface area contributed by atoms with Crippen molar-refractivity contribution in [2.24, 2.45) is 0 Å². The monoisotopic (exact) mass is 239 g/mol. The molecule has 0 spiro atoms. The molecular formula is C9H7N2S3-. The van der Waals surface area contributed by atoms with E-state index in [1.54, 1.807) is 11.8 Å². The van der Waals surface area contributed by atoms with E-state index in [-0.39, 0.29) is 0 Å². The Hall–Kier alpha value is -0.650. The number of rotatable bonds is 3. The van der Waals surface area contributed by atoms with Crippen LogP contribution in [0.2, 0.25) is 0 Å². The molecule has 0 fully saturated rings. The van der Waals surface area contributed by atoms with Crippen molar-refractivity contribution >= 4 is 35.7 Å². The normalized spacial score (nSPS) is 10.3. The third-order valence-electron chi connectivity index (χ3n) is 1.59. The molecule has 0 aliphatic heterocycles. The molecule has 2 aromatic rings. The summed E-state index contributed by atoms with van der Waals surface area (Å²) in [4.78, 5) is 0. The lowest BCUT2D eigenvalue weighted by atomic mass is 10.2. The van der Waals surface area contributed by atoms with E-state index in [0.717, 1.165) is 10.1 Å². The highest BCUT2D eigenvalue weighted by Gasteiger charge is 1.95. The fourth-order valence-corrected chi connectivity index (χ4v) is 2.95. The minimum absolute atomic E-state index is 0.612. The summed E-state index contributed by atoms with van der Waals surface area (Å²) in [6.45, 7) is 0. The van der Waals surface area contributed by atoms with E-state index in [2.05, 4.69) is 22.3 Å². The van der Waals surface area contributed by atoms with Crippen LogP contribution in [-0.2, 0) is 18.4 Å². The summed E-state index contributed by atoms with van der Waals surface area (Å²) in [6, 6.07) is 10.3. The molecule has 0 atom stereocenters. The first-order valence-electron chi connectivity index (χ1n) is 4.02. The van der Waals surface area contributed by atoms with Crippen molar-refractivity contribution in [1.82, 2.24) is 10.2 Å². The Morgan fingerprint density at radius 1 is 1.21 bits per heavy atom. The Balaban J connectivity index is 1.95. The molecular weight excluding hydrogens is 232 g/mol. The zero-order chi connectivity index (χ0) is 9.80. The maximum absolute atomic E-state index is 4.90. The van der Waals surface area contributed by atoms with Gasteiger partial charge in [0.2, 0.25) is 0 Å². The number of hydrogen-bond donors (Lipinski definition) is 0. The average molecular weight is 239 g/mol. The molecule has 0 radical (unpaired) electrons. The van der Waals surface area contributed by atoms with E-state index in [9.17, 15) is 0 Å². The van der Waals surface area contributed by atoms with E-state index < -0.39 is 0 Å². The topological polar surface area (TPSA) is 25.8 Å². The smallest absolute Gasteiger partial charge is 0.0808 e. The third-order valence-corrected chi connectivity index (χ3v) is 3.85. The fraction of sp³-hybridized carbons (Fsp3) is 0.111. The van der Waals surface area contributed by atoms with Crippen molar-refractivity contribution < 1.29 is 0 Å². The molecule has 0 aliphatic carbocycles. The molecule has 0 N–H and O–H groups in total. The summed E-state index contributed by atoms with van der Waals surface area (Å²) in [5.74, 6) is 0.921. The van der Waals surface area contributed by atoms with Crippen LogP contribution in [0.4, 0.5) is 0 Å². The van der Waals surface area contributed by atoms with Gasteiger partial charge in [0.1, 0.15) is 0 Å².